The van der Waals surface area contributed by atoms with Gasteiger partial charge in [-0.05, 0) is 0 Å². The van der Waals surface area contributed by atoms with Crippen molar-refractivity contribution in [2.24, 2.45) is 0 Å². The minimum Gasteiger partial charge on any atom is -0.501 e. The maximum absolute atomic E-state index is 11.7. The van der Waals surface area contributed by atoms with Crippen LogP contribution in [0.25, 0.3) is 0 Å². The molecule has 0 saturated carbocycles. The van der Waals surface area contributed by atoms with Gasteiger partial charge >= 0.3 is 6.18 Å². The highest BCUT2D eigenvalue weighted by Gasteiger charge is 2.36. The van der Waals surface area contributed by atoms with Gasteiger partial charge in [0.05, 0.1) is 21.1 Å². The molecular weight excluding hydrogens is 159 g/mol. The molecule has 0 aliphatic heterocycles. The van der Waals surface area contributed by atoms with Gasteiger partial charge in [-0.15, -0.1) is 0 Å². The fourth-order valence-corrected chi connectivity index (χ4v) is 0.440. The molecule has 0 amide bonds. The number of alkyl halides is 3. The van der Waals surface area contributed by atoms with Gasteiger partial charge in [0.15, 0.2) is 0 Å². The second-order valence-electron chi connectivity index (χ2n) is 3.13. The predicted molar refractivity (Wildman–Crippen MR) is 34.8 cm³/mol. The minimum absolute atomic E-state index is 0.0641. The lowest BCUT2D eigenvalue weighted by atomic mass is 10.5. The third kappa shape index (κ3) is 4.66. The molecule has 0 fully saturated rings. The van der Waals surface area contributed by atoms with Crippen LogP contribution in [0, 0.1) is 0 Å². The zero-order chi connectivity index (χ0) is 9.28. The molecular formula is C6H11F3NO+. The average Bonchev–Trinajstić information content (AvgIpc) is 1.56. The maximum atomic E-state index is 11.7. The molecule has 0 atom stereocenters. The van der Waals surface area contributed by atoms with Crippen LogP contribution in [0.3, 0.4) is 0 Å². The number of hydrogen-bond donors (Lipinski definition) is 1. The summed E-state index contributed by atoms with van der Waals surface area (Å²) in [5, 5.41) is 8.44. The first-order valence-corrected chi connectivity index (χ1v) is 2.93. The molecule has 0 aromatic rings. The molecule has 5 heteroatoms. The number of aliphatic hydroxyl groups excluding tert-OH is 1. The van der Waals surface area contributed by atoms with Crippen molar-refractivity contribution < 1.29 is 22.8 Å². The molecule has 0 spiro atoms. The van der Waals surface area contributed by atoms with Gasteiger partial charge in [0, 0.05) is 0 Å². The van der Waals surface area contributed by atoms with E-state index >= 15 is 0 Å². The van der Waals surface area contributed by atoms with Gasteiger partial charge in [-0.1, -0.05) is 0 Å². The lowest BCUT2D eigenvalue weighted by Gasteiger charge is -2.18. The Bertz CT molecular complexity index is 166. The van der Waals surface area contributed by atoms with Crippen molar-refractivity contribution in [3.63, 3.8) is 0 Å². The van der Waals surface area contributed by atoms with E-state index in [2.05, 4.69) is 0 Å². The van der Waals surface area contributed by atoms with Crippen LogP contribution in [0.4, 0.5) is 13.2 Å². The molecule has 0 aliphatic rings. The van der Waals surface area contributed by atoms with E-state index in [1.54, 1.807) is 0 Å². The van der Waals surface area contributed by atoms with E-state index in [-0.39, 0.29) is 4.48 Å². The normalized spacial score (nSPS) is 15.3. The lowest BCUT2D eigenvalue weighted by Crippen LogP contribution is -2.29. The first-order chi connectivity index (χ1) is 4.63. The van der Waals surface area contributed by atoms with Gasteiger partial charge in [0.25, 0.3) is 5.76 Å². The summed E-state index contributed by atoms with van der Waals surface area (Å²) < 4.78 is 34.9. The topological polar surface area (TPSA) is 20.2 Å². The van der Waals surface area contributed by atoms with Crippen molar-refractivity contribution in [1.82, 2.24) is 0 Å². The Labute approximate surface area is 63.1 Å². The zero-order valence-electron chi connectivity index (χ0n) is 6.61. The van der Waals surface area contributed by atoms with Crippen molar-refractivity contribution in [2.45, 2.75) is 6.18 Å². The molecule has 11 heavy (non-hydrogen) atoms. The second kappa shape index (κ2) is 2.73. The average molecular weight is 170 g/mol. The molecule has 66 valence electrons. The molecule has 0 aromatic carbocycles. The molecule has 0 saturated heterocycles. The van der Waals surface area contributed by atoms with Crippen molar-refractivity contribution in [2.75, 3.05) is 21.1 Å². The van der Waals surface area contributed by atoms with Crippen LogP contribution in [0.1, 0.15) is 0 Å². The van der Waals surface area contributed by atoms with Gasteiger partial charge in [-0.3, -0.25) is 0 Å². The summed E-state index contributed by atoms with van der Waals surface area (Å²) in [6, 6.07) is 0. The van der Waals surface area contributed by atoms with E-state index in [1.807, 2.05) is 0 Å². The Balaban J connectivity index is 4.49. The van der Waals surface area contributed by atoms with Gasteiger partial charge in [0.1, 0.15) is 6.20 Å². The quantitative estimate of drug-likeness (QED) is 0.468. The number of rotatable bonds is 1. The van der Waals surface area contributed by atoms with E-state index in [4.69, 9.17) is 5.11 Å². The summed E-state index contributed by atoms with van der Waals surface area (Å²) in [6.45, 7) is 0. The summed E-state index contributed by atoms with van der Waals surface area (Å²) in [4.78, 5) is 0. The van der Waals surface area contributed by atoms with Crippen molar-refractivity contribution in [1.29, 1.82) is 0 Å². The number of allylic oxidation sites excluding steroid dienone is 1. The largest absolute Gasteiger partial charge is 0.501 e. The number of halogens is 3. The Hall–Kier alpha value is -0.710. The standard InChI is InChI=1S/C6H10F3NO/c1-10(2,3)4-5(11)6(7,8)9/h4H,1-3H3/p+1/b5-4-. The highest BCUT2D eigenvalue weighted by Crippen LogP contribution is 2.23. The lowest BCUT2D eigenvalue weighted by molar-refractivity contribution is -0.818. The molecule has 1 N–H and O–H groups in total. The molecule has 0 radical (unpaired) electrons. The number of hydrogen-bond acceptors (Lipinski definition) is 1. The van der Waals surface area contributed by atoms with Crippen LogP contribution >= 0.6 is 0 Å². The van der Waals surface area contributed by atoms with E-state index in [0.29, 0.717) is 0 Å². The molecule has 0 aliphatic carbocycles. The third-order valence-corrected chi connectivity index (χ3v) is 0.800. The van der Waals surface area contributed by atoms with E-state index in [1.165, 1.54) is 21.1 Å². The number of nitrogens with zero attached hydrogens (tertiary/aromatic N) is 1. The van der Waals surface area contributed by atoms with E-state index < -0.39 is 11.9 Å². The summed E-state index contributed by atoms with van der Waals surface area (Å²) in [5.74, 6) is -1.55. The van der Waals surface area contributed by atoms with Crippen LogP contribution in [0.15, 0.2) is 12.0 Å². The highest BCUT2D eigenvalue weighted by molar-refractivity contribution is 4.93. The molecule has 0 unspecified atom stereocenters. The molecule has 0 aromatic heterocycles. The summed E-state index contributed by atoms with van der Waals surface area (Å²) in [7, 11) is 4.55. The summed E-state index contributed by atoms with van der Waals surface area (Å²) in [6.07, 6.45) is -3.91. The van der Waals surface area contributed by atoms with Crippen LogP contribution in [-0.4, -0.2) is 36.9 Å². The highest BCUT2D eigenvalue weighted by atomic mass is 19.4. The Morgan fingerprint density at radius 1 is 1.27 bits per heavy atom. The van der Waals surface area contributed by atoms with Crippen LogP contribution in [0.2, 0.25) is 0 Å². The minimum atomic E-state index is -4.63. The van der Waals surface area contributed by atoms with Crippen molar-refractivity contribution in [3.8, 4) is 0 Å². The number of aliphatic hydroxyl groups is 1. The predicted octanol–water partition coefficient (Wildman–Crippen LogP) is 1.65. The van der Waals surface area contributed by atoms with Crippen LogP contribution in [0.5, 0.6) is 0 Å². The Morgan fingerprint density at radius 2 is 1.64 bits per heavy atom. The van der Waals surface area contributed by atoms with Crippen LogP contribution < -0.4 is 0 Å². The summed E-state index contributed by atoms with van der Waals surface area (Å²) in [5.41, 5.74) is 0. The van der Waals surface area contributed by atoms with Crippen LogP contribution in [-0.2, 0) is 0 Å². The Kier molecular flexibility index (Phi) is 2.55. The van der Waals surface area contributed by atoms with Gasteiger partial charge in [0.2, 0.25) is 0 Å². The fourth-order valence-electron chi connectivity index (χ4n) is 0.440. The first kappa shape index (κ1) is 10.3. The van der Waals surface area contributed by atoms with Gasteiger partial charge in [-0.25, -0.2) is 0 Å². The fraction of sp³-hybridized carbons (Fsp3) is 0.667. The van der Waals surface area contributed by atoms with Gasteiger partial charge < -0.3 is 9.59 Å². The SMILES string of the molecule is C[N+](C)(C)/C=C(\O)C(F)(F)F. The molecule has 0 heterocycles. The molecule has 0 rings (SSSR count). The molecule has 2 nitrogen and oxygen atoms in total. The number of quaternary nitrogens is 1. The van der Waals surface area contributed by atoms with E-state index in [9.17, 15) is 13.2 Å². The third-order valence-electron chi connectivity index (χ3n) is 0.800. The zero-order valence-corrected chi connectivity index (χ0v) is 6.61. The molecule has 0 bridgehead atoms. The van der Waals surface area contributed by atoms with Crippen molar-refractivity contribution >= 4 is 0 Å². The van der Waals surface area contributed by atoms with E-state index in [0.717, 1.165) is 6.20 Å². The van der Waals surface area contributed by atoms with Crippen molar-refractivity contribution in [3.05, 3.63) is 12.0 Å². The monoisotopic (exact) mass is 170 g/mol. The Morgan fingerprint density at radius 3 is 1.73 bits per heavy atom. The second-order valence-corrected chi connectivity index (χ2v) is 3.13. The summed E-state index contributed by atoms with van der Waals surface area (Å²) >= 11 is 0. The smallest absolute Gasteiger partial charge is 0.454 e. The maximum Gasteiger partial charge on any atom is 0.454 e. The first-order valence-electron chi connectivity index (χ1n) is 2.93. The van der Waals surface area contributed by atoms with Gasteiger partial charge in [-0.2, -0.15) is 13.2 Å².